The molecule has 0 aliphatic carbocycles. The Bertz CT molecular complexity index is 305. The first-order chi connectivity index (χ1) is 6.75. The van der Waals surface area contributed by atoms with Crippen molar-refractivity contribution in [2.24, 2.45) is 5.73 Å². The zero-order valence-corrected chi connectivity index (χ0v) is 8.98. The van der Waals surface area contributed by atoms with Gasteiger partial charge < -0.3 is 5.73 Å². The van der Waals surface area contributed by atoms with Crippen molar-refractivity contribution in [1.82, 2.24) is 15.8 Å². The number of hydrogen-bond acceptors (Lipinski definition) is 5. The van der Waals surface area contributed by atoms with Crippen LogP contribution in [0.5, 0.6) is 0 Å². The number of nitrogens with zero attached hydrogens (tertiary/aromatic N) is 1. The molecule has 76 valence electrons. The molecule has 2 heterocycles. The fourth-order valence-electron chi connectivity index (χ4n) is 1.20. The summed E-state index contributed by atoms with van der Waals surface area (Å²) >= 11 is 7.38. The molecule has 14 heavy (non-hydrogen) atoms. The van der Waals surface area contributed by atoms with Crippen LogP contribution < -0.4 is 16.6 Å². The van der Waals surface area contributed by atoms with E-state index in [0.29, 0.717) is 10.3 Å². The van der Waals surface area contributed by atoms with Crippen molar-refractivity contribution in [2.75, 3.05) is 6.54 Å². The van der Waals surface area contributed by atoms with Gasteiger partial charge in [0.05, 0.1) is 21.5 Å². The van der Waals surface area contributed by atoms with E-state index in [1.165, 1.54) is 0 Å². The normalized spacial score (nSPS) is 26.7. The van der Waals surface area contributed by atoms with Gasteiger partial charge in [-0.3, -0.25) is 5.43 Å². The molecule has 2 unspecified atom stereocenters. The highest BCUT2D eigenvalue weighted by Crippen LogP contribution is 2.24. The highest BCUT2D eigenvalue weighted by atomic mass is 35.5. The van der Waals surface area contributed by atoms with Gasteiger partial charge in [-0.2, -0.15) is 0 Å². The number of aromatic nitrogens is 1. The van der Waals surface area contributed by atoms with Gasteiger partial charge >= 0.3 is 0 Å². The molecule has 0 amide bonds. The fourth-order valence-corrected chi connectivity index (χ4v) is 2.26. The lowest BCUT2D eigenvalue weighted by Crippen LogP contribution is -2.40. The van der Waals surface area contributed by atoms with Crippen LogP contribution in [0.15, 0.2) is 23.4 Å². The molecule has 4 nitrogen and oxygen atoms in total. The molecule has 1 aliphatic heterocycles. The molecule has 4 N–H and O–H groups in total. The van der Waals surface area contributed by atoms with E-state index in [1.807, 2.05) is 12.1 Å². The lowest BCUT2D eigenvalue weighted by Gasteiger charge is -2.11. The molecule has 2 rings (SSSR count). The summed E-state index contributed by atoms with van der Waals surface area (Å²) in [6, 6.07) is 3.73. The SMILES string of the molecule is NC1NNCC1Sc1ccc(Cl)cn1. The largest absolute Gasteiger partial charge is 0.314 e. The van der Waals surface area contributed by atoms with Crippen molar-refractivity contribution in [3.05, 3.63) is 23.4 Å². The van der Waals surface area contributed by atoms with Gasteiger partial charge in [0.25, 0.3) is 0 Å². The van der Waals surface area contributed by atoms with Crippen LogP contribution in [0.2, 0.25) is 5.02 Å². The van der Waals surface area contributed by atoms with E-state index in [2.05, 4.69) is 15.8 Å². The lowest BCUT2D eigenvalue weighted by atomic mass is 10.4. The van der Waals surface area contributed by atoms with E-state index in [4.69, 9.17) is 17.3 Å². The maximum absolute atomic E-state index is 5.81. The molecule has 0 spiro atoms. The number of hydrogen-bond donors (Lipinski definition) is 3. The maximum atomic E-state index is 5.81. The van der Waals surface area contributed by atoms with Crippen LogP contribution in [-0.4, -0.2) is 22.9 Å². The summed E-state index contributed by atoms with van der Waals surface area (Å²) in [5.41, 5.74) is 11.8. The molecule has 1 aromatic heterocycles. The Hall–Kier alpha value is -0.330. The molecule has 0 aromatic carbocycles. The second-order valence-corrected chi connectivity index (χ2v) is 4.72. The minimum absolute atomic E-state index is 0.0301. The topological polar surface area (TPSA) is 63.0 Å². The average molecular weight is 231 g/mol. The van der Waals surface area contributed by atoms with E-state index in [-0.39, 0.29) is 6.17 Å². The van der Waals surface area contributed by atoms with Crippen molar-refractivity contribution in [1.29, 1.82) is 0 Å². The smallest absolute Gasteiger partial charge is 0.0965 e. The first-order valence-electron chi connectivity index (χ1n) is 4.28. The van der Waals surface area contributed by atoms with E-state index in [1.54, 1.807) is 18.0 Å². The second kappa shape index (κ2) is 4.46. The Morgan fingerprint density at radius 3 is 3.00 bits per heavy atom. The Balaban J connectivity index is 2.00. The van der Waals surface area contributed by atoms with E-state index in [0.717, 1.165) is 11.6 Å². The average Bonchev–Trinajstić information content (AvgIpc) is 2.56. The summed E-state index contributed by atoms with van der Waals surface area (Å²) in [7, 11) is 0. The number of thioether (sulfide) groups is 1. The first kappa shape index (κ1) is 10.2. The van der Waals surface area contributed by atoms with Crippen LogP contribution >= 0.6 is 23.4 Å². The highest BCUT2D eigenvalue weighted by Gasteiger charge is 2.24. The monoisotopic (exact) mass is 230 g/mol. The number of hydrazine groups is 1. The summed E-state index contributed by atoms with van der Waals surface area (Å²) < 4.78 is 0. The fraction of sp³-hybridized carbons (Fsp3) is 0.375. The zero-order chi connectivity index (χ0) is 9.97. The minimum Gasteiger partial charge on any atom is -0.314 e. The van der Waals surface area contributed by atoms with Crippen molar-refractivity contribution in [3.63, 3.8) is 0 Å². The third-order valence-corrected chi connectivity index (χ3v) is 3.41. The number of halogens is 1. The first-order valence-corrected chi connectivity index (χ1v) is 5.53. The van der Waals surface area contributed by atoms with Gasteiger partial charge in [-0.05, 0) is 12.1 Å². The lowest BCUT2D eigenvalue weighted by molar-refractivity contribution is 0.576. The number of nitrogens with one attached hydrogen (secondary N) is 2. The summed E-state index contributed by atoms with van der Waals surface area (Å²) in [5.74, 6) is 0. The molecular formula is C8H11ClN4S. The van der Waals surface area contributed by atoms with Gasteiger partial charge in [-0.25, -0.2) is 10.4 Å². The predicted molar refractivity (Wildman–Crippen MR) is 58.0 cm³/mol. The van der Waals surface area contributed by atoms with Gasteiger partial charge in [-0.15, -0.1) is 0 Å². The molecule has 1 fully saturated rings. The number of pyridine rings is 1. The van der Waals surface area contributed by atoms with Gasteiger partial charge in [0, 0.05) is 12.7 Å². The molecule has 0 bridgehead atoms. The minimum atomic E-state index is -0.0301. The standard InChI is InChI=1S/C8H11ClN4S/c9-5-1-2-7(11-3-5)14-6-4-12-13-8(6)10/h1-3,6,8,12-13H,4,10H2. The van der Waals surface area contributed by atoms with E-state index < -0.39 is 0 Å². The molecule has 6 heteroatoms. The van der Waals surface area contributed by atoms with E-state index >= 15 is 0 Å². The Morgan fingerprint density at radius 2 is 2.43 bits per heavy atom. The van der Waals surface area contributed by atoms with Crippen molar-refractivity contribution in [3.8, 4) is 0 Å². The molecule has 1 aromatic rings. The third-order valence-electron chi connectivity index (χ3n) is 1.94. The van der Waals surface area contributed by atoms with Crippen LogP contribution in [0.25, 0.3) is 0 Å². The summed E-state index contributed by atoms with van der Waals surface area (Å²) in [6.07, 6.45) is 1.61. The summed E-state index contributed by atoms with van der Waals surface area (Å²) in [6.45, 7) is 0.843. The second-order valence-electron chi connectivity index (χ2n) is 3.02. The number of rotatable bonds is 2. The van der Waals surface area contributed by atoms with Gasteiger partial charge in [0.15, 0.2) is 0 Å². The van der Waals surface area contributed by atoms with Gasteiger partial charge in [0.1, 0.15) is 0 Å². The summed E-state index contributed by atoms with van der Waals surface area (Å²) in [4.78, 5) is 4.20. The molecule has 1 aliphatic rings. The van der Waals surface area contributed by atoms with Crippen LogP contribution in [-0.2, 0) is 0 Å². The van der Waals surface area contributed by atoms with Gasteiger partial charge in [-0.1, -0.05) is 23.4 Å². The van der Waals surface area contributed by atoms with Crippen LogP contribution in [0.1, 0.15) is 0 Å². The Morgan fingerprint density at radius 1 is 1.57 bits per heavy atom. The molecule has 0 saturated carbocycles. The predicted octanol–water partition coefficient (Wildman–Crippen LogP) is 0.588. The molecule has 1 saturated heterocycles. The zero-order valence-electron chi connectivity index (χ0n) is 7.40. The van der Waals surface area contributed by atoms with Crippen molar-refractivity contribution in [2.45, 2.75) is 16.4 Å². The van der Waals surface area contributed by atoms with Crippen LogP contribution in [0.3, 0.4) is 0 Å². The highest BCUT2D eigenvalue weighted by molar-refractivity contribution is 8.00. The quantitative estimate of drug-likeness (QED) is 0.694. The van der Waals surface area contributed by atoms with Gasteiger partial charge in [0.2, 0.25) is 0 Å². The summed E-state index contributed by atoms with van der Waals surface area (Å²) in [5, 5.41) is 1.91. The molecule has 2 atom stereocenters. The Kier molecular flexibility index (Phi) is 3.25. The maximum Gasteiger partial charge on any atom is 0.0965 e. The third kappa shape index (κ3) is 2.37. The van der Waals surface area contributed by atoms with Crippen LogP contribution in [0.4, 0.5) is 0 Å². The Labute approximate surface area is 91.6 Å². The van der Waals surface area contributed by atoms with Crippen molar-refractivity contribution < 1.29 is 0 Å². The number of nitrogens with two attached hydrogens (primary N) is 1. The molecular weight excluding hydrogens is 220 g/mol. The van der Waals surface area contributed by atoms with E-state index in [9.17, 15) is 0 Å². The van der Waals surface area contributed by atoms with Crippen LogP contribution in [0, 0.1) is 0 Å². The van der Waals surface area contributed by atoms with Crippen molar-refractivity contribution >= 4 is 23.4 Å². The molecule has 0 radical (unpaired) electrons.